The lowest BCUT2D eigenvalue weighted by Crippen LogP contribution is -2.15. The van der Waals surface area contributed by atoms with Crippen LogP contribution in [0.1, 0.15) is 25.0 Å². The van der Waals surface area contributed by atoms with Crippen molar-refractivity contribution in [2.45, 2.75) is 19.3 Å². The number of anilines is 3. The monoisotopic (exact) mass is 627 g/mol. The Labute approximate surface area is 285 Å². The highest BCUT2D eigenvalue weighted by Crippen LogP contribution is 2.51. The number of hydrogen-bond acceptors (Lipinski definition) is 2. The number of furan rings is 1. The minimum absolute atomic E-state index is 0.0548. The van der Waals surface area contributed by atoms with E-state index in [0.29, 0.717) is 0 Å². The van der Waals surface area contributed by atoms with Gasteiger partial charge < -0.3 is 9.32 Å². The van der Waals surface area contributed by atoms with Crippen molar-refractivity contribution in [2.24, 2.45) is 0 Å². The summed E-state index contributed by atoms with van der Waals surface area (Å²) in [6.45, 7) is 4.67. The van der Waals surface area contributed by atoms with E-state index in [0.717, 1.165) is 39.0 Å². The first-order valence-electron chi connectivity index (χ1n) is 17.0. The summed E-state index contributed by atoms with van der Waals surface area (Å²) in [4.78, 5) is 2.41. The highest BCUT2D eigenvalue weighted by molar-refractivity contribution is 6.13. The van der Waals surface area contributed by atoms with E-state index in [4.69, 9.17) is 4.42 Å². The van der Waals surface area contributed by atoms with Crippen molar-refractivity contribution >= 4 is 60.5 Å². The number of nitrogens with zero attached hydrogens (tertiary/aromatic N) is 1. The lowest BCUT2D eigenvalue weighted by molar-refractivity contribution is 0.660. The van der Waals surface area contributed by atoms with E-state index in [9.17, 15) is 0 Å². The second kappa shape index (κ2) is 10.4. The first kappa shape index (κ1) is 27.9. The first-order valence-corrected chi connectivity index (χ1v) is 17.0. The van der Waals surface area contributed by atoms with Crippen molar-refractivity contribution < 1.29 is 4.42 Å². The number of rotatable bonds is 4. The topological polar surface area (TPSA) is 16.4 Å². The van der Waals surface area contributed by atoms with Crippen LogP contribution in [0.3, 0.4) is 0 Å². The molecule has 0 radical (unpaired) electrons. The molecule has 2 heteroatoms. The standard InChI is InChI=1S/C47H33NO/c1-47(2)41-17-7-5-14-38(41)40-29-35(25-26-42(40)47)48(43-18-10-20-45-46(43)39-15-6-8-19-44(39)49-45)34-24-23-31-27-33(22-21-32(31)28-34)37-16-9-12-30-11-3-4-13-36(30)37/h3-29H,1-2H3. The first-order chi connectivity index (χ1) is 24.0. The van der Waals surface area contributed by atoms with Crippen LogP contribution in [0.2, 0.25) is 0 Å². The molecule has 0 saturated heterocycles. The van der Waals surface area contributed by atoms with E-state index >= 15 is 0 Å². The van der Waals surface area contributed by atoms with Crippen LogP contribution < -0.4 is 4.90 Å². The van der Waals surface area contributed by atoms with Crippen LogP contribution >= 0.6 is 0 Å². The predicted octanol–water partition coefficient (Wildman–Crippen LogP) is 13.3. The van der Waals surface area contributed by atoms with Gasteiger partial charge in [0.05, 0.1) is 11.1 Å². The summed E-state index contributed by atoms with van der Waals surface area (Å²) < 4.78 is 6.39. The minimum Gasteiger partial charge on any atom is -0.456 e. The smallest absolute Gasteiger partial charge is 0.137 e. The van der Waals surface area contributed by atoms with Crippen molar-refractivity contribution in [1.29, 1.82) is 0 Å². The van der Waals surface area contributed by atoms with Gasteiger partial charge in [0.1, 0.15) is 11.2 Å². The summed E-state index contributed by atoms with van der Waals surface area (Å²) in [5.74, 6) is 0. The molecule has 0 aliphatic heterocycles. The molecule has 0 atom stereocenters. The SMILES string of the molecule is CC1(C)c2ccccc2-c2cc(N(c3ccc4cc(-c5cccc6ccccc56)ccc4c3)c3cccc4oc5ccccc5c34)ccc21. The quantitative estimate of drug-likeness (QED) is 0.193. The van der Waals surface area contributed by atoms with Gasteiger partial charge in [-0.25, -0.2) is 0 Å². The molecule has 232 valence electrons. The Balaban J connectivity index is 1.18. The molecule has 1 heterocycles. The molecule has 0 fully saturated rings. The molecule has 49 heavy (non-hydrogen) atoms. The van der Waals surface area contributed by atoms with Gasteiger partial charge in [0.25, 0.3) is 0 Å². The summed E-state index contributed by atoms with van der Waals surface area (Å²) >= 11 is 0. The van der Waals surface area contributed by atoms with Gasteiger partial charge in [-0.2, -0.15) is 0 Å². The third kappa shape index (κ3) is 4.20. The van der Waals surface area contributed by atoms with E-state index in [1.165, 1.54) is 54.9 Å². The average Bonchev–Trinajstić information content (AvgIpc) is 3.64. The van der Waals surface area contributed by atoms with Crippen LogP contribution in [0.4, 0.5) is 17.1 Å². The highest BCUT2D eigenvalue weighted by atomic mass is 16.3. The Kier molecular flexibility index (Phi) is 5.95. The summed E-state index contributed by atoms with van der Waals surface area (Å²) in [5, 5.41) is 7.17. The van der Waals surface area contributed by atoms with Gasteiger partial charge in [-0.1, -0.05) is 129 Å². The average molecular weight is 628 g/mol. The normalized spacial score (nSPS) is 13.3. The fourth-order valence-electron chi connectivity index (χ4n) is 8.23. The van der Waals surface area contributed by atoms with Crippen molar-refractivity contribution in [3.63, 3.8) is 0 Å². The zero-order valence-corrected chi connectivity index (χ0v) is 27.4. The molecular weight excluding hydrogens is 595 g/mol. The number of para-hydroxylation sites is 1. The van der Waals surface area contributed by atoms with E-state index in [1.54, 1.807) is 0 Å². The molecule has 0 unspecified atom stereocenters. The van der Waals surface area contributed by atoms with Crippen LogP contribution in [-0.2, 0) is 5.41 Å². The molecule has 1 aliphatic rings. The maximum atomic E-state index is 6.39. The van der Waals surface area contributed by atoms with Gasteiger partial charge in [-0.3, -0.25) is 0 Å². The lowest BCUT2D eigenvalue weighted by atomic mass is 9.82. The molecule has 1 aliphatic carbocycles. The summed E-state index contributed by atoms with van der Waals surface area (Å²) in [6.07, 6.45) is 0. The molecule has 9 aromatic rings. The van der Waals surface area contributed by atoms with Gasteiger partial charge in [-0.05, 0) is 103 Å². The van der Waals surface area contributed by atoms with Gasteiger partial charge in [-0.15, -0.1) is 0 Å². The van der Waals surface area contributed by atoms with Crippen LogP contribution in [0, 0.1) is 0 Å². The summed E-state index contributed by atoms with van der Waals surface area (Å²) in [7, 11) is 0. The van der Waals surface area contributed by atoms with E-state index in [-0.39, 0.29) is 5.41 Å². The molecule has 1 aromatic heterocycles. The molecule has 8 aromatic carbocycles. The third-order valence-electron chi connectivity index (χ3n) is 10.6. The Morgan fingerprint density at radius 2 is 1.10 bits per heavy atom. The second-order valence-electron chi connectivity index (χ2n) is 13.8. The minimum atomic E-state index is -0.0548. The summed E-state index contributed by atoms with van der Waals surface area (Å²) in [6, 6.07) is 59.5. The second-order valence-corrected chi connectivity index (χ2v) is 13.8. The Morgan fingerprint density at radius 1 is 0.449 bits per heavy atom. The zero-order valence-electron chi connectivity index (χ0n) is 27.4. The van der Waals surface area contributed by atoms with Gasteiger partial charge in [0.2, 0.25) is 0 Å². The molecule has 2 nitrogen and oxygen atoms in total. The number of fused-ring (bicyclic) bond motifs is 8. The predicted molar refractivity (Wildman–Crippen MR) is 206 cm³/mol. The molecule has 0 bridgehead atoms. The van der Waals surface area contributed by atoms with Gasteiger partial charge in [0.15, 0.2) is 0 Å². The maximum Gasteiger partial charge on any atom is 0.137 e. The molecule has 10 rings (SSSR count). The van der Waals surface area contributed by atoms with Crippen LogP contribution in [0.5, 0.6) is 0 Å². The van der Waals surface area contributed by atoms with Crippen molar-refractivity contribution in [1.82, 2.24) is 0 Å². The van der Waals surface area contributed by atoms with Gasteiger partial charge >= 0.3 is 0 Å². The molecule has 0 amide bonds. The maximum absolute atomic E-state index is 6.39. The van der Waals surface area contributed by atoms with E-state index in [1.807, 2.05) is 6.07 Å². The van der Waals surface area contributed by atoms with E-state index < -0.39 is 0 Å². The van der Waals surface area contributed by atoms with Crippen molar-refractivity contribution in [2.75, 3.05) is 4.90 Å². The Bertz CT molecular complexity index is 2760. The zero-order chi connectivity index (χ0) is 32.7. The Hall–Kier alpha value is -6.12. The van der Waals surface area contributed by atoms with Crippen molar-refractivity contribution in [3.8, 4) is 22.3 Å². The van der Waals surface area contributed by atoms with Gasteiger partial charge in [0, 0.05) is 22.2 Å². The molecular formula is C47H33NO. The fourth-order valence-corrected chi connectivity index (χ4v) is 8.23. The largest absolute Gasteiger partial charge is 0.456 e. The lowest BCUT2D eigenvalue weighted by Gasteiger charge is -2.28. The fraction of sp³-hybridized carbons (Fsp3) is 0.0638. The Morgan fingerprint density at radius 3 is 2.04 bits per heavy atom. The number of hydrogen-bond donors (Lipinski definition) is 0. The van der Waals surface area contributed by atoms with Crippen molar-refractivity contribution in [3.05, 3.63) is 175 Å². The third-order valence-corrected chi connectivity index (χ3v) is 10.6. The van der Waals surface area contributed by atoms with E-state index in [2.05, 4.69) is 176 Å². The highest BCUT2D eigenvalue weighted by Gasteiger charge is 2.35. The molecule has 0 N–H and O–H groups in total. The van der Waals surface area contributed by atoms with Crippen LogP contribution in [0.25, 0.3) is 65.7 Å². The van der Waals surface area contributed by atoms with Crippen LogP contribution in [-0.4, -0.2) is 0 Å². The summed E-state index contributed by atoms with van der Waals surface area (Å²) in [5.41, 5.74) is 12.9. The van der Waals surface area contributed by atoms with Crippen LogP contribution in [0.15, 0.2) is 168 Å². The number of benzene rings is 8. The molecule has 0 spiro atoms. The molecule has 0 saturated carbocycles.